The molecule has 6 nitrogen and oxygen atoms in total. The molecule has 0 spiro atoms. The molecule has 7 heteroatoms. The zero-order valence-corrected chi connectivity index (χ0v) is 10.2. The Morgan fingerprint density at radius 2 is 1.94 bits per heavy atom. The minimum atomic E-state index is -4.92. The lowest BCUT2D eigenvalue weighted by molar-refractivity contribution is -0.911. The molecule has 1 rings (SSSR count). The summed E-state index contributed by atoms with van der Waals surface area (Å²) >= 11 is 0. The lowest BCUT2D eigenvalue weighted by atomic mass is 10.4. The third-order valence-electron chi connectivity index (χ3n) is 2.00. The smallest absolute Gasteiger partial charge is 0.215 e. The van der Waals surface area contributed by atoms with Crippen molar-refractivity contribution in [1.82, 2.24) is 0 Å². The van der Waals surface area contributed by atoms with Gasteiger partial charge in [-0.25, -0.2) is 8.42 Å². The molecule has 0 aliphatic heterocycles. The van der Waals surface area contributed by atoms with Crippen molar-refractivity contribution < 1.29 is 26.8 Å². The third kappa shape index (κ3) is 9.66. The zero-order valence-electron chi connectivity index (χ0n) is 9.34. The van der Waals surface area contributed by atoms with Gasteiger partial charge >= 0.3 is 0 Å². The summed E-state index contributed by atoms with van der Waals surface area (Å²) in [4.78, 5) is 1.56. The standard InChI is InChI=1S/C9H15NO.H2O4S/c1-3-10(4-2)8-9-6-5-7-11-9;1-5(2,3)4/h5-7H,3-4,8H2,1-2H3;(H2,1,2,3,4). The molecule has 1 heterocycles. The molecule has 0 aromatic carbocycles. The summed E-state index contributed by atoms with van der Waals surface area (Å²) in [5.41, 5.74) is 0. The summed E-state index contributed by atoms with van der Waals surface area (Å²) in [6, 6.07) is 3.98. The molecule has 0 aliphatic carbocycles. The molecule has 0 unspecified atom stereocenters. The van der Waals surface area contributed by atoms with Gasteiger partial charge in [-0.05, 0) is 26.0 Å². The van der Waals surface area contributed by atoms with Gasteiger partial charge in [0, 0.05) is 0 Å². The Hall–Kier alpha value is -0.890. The van der Waals surface area contributed by atoms with Crippen LogP contribution < -0.4 is 4.90 Å². The fraction of sp³-hybridized carbons (Fsp3) is 0.556. The van der Waals surface area contributed by atoms with Gasteiger partial charge in [-0.15, -0.1) is 0 Å². The summed E-state index contributed by atoms with van der Waals surface area (Å²) < 4.78 is 38.1. The summed E-state index contributed by atoms with van der Waals surface area (Å²) in [5, 5.41) is 0. The minimum Gasteiger partial charge on any atom is -0.726 e. The molecule has 94 valence electrons. The van der Waals surface area contributed by atoms with Crippen LogP contribution in [0.15, 0.2) is 22.8 Å². The van der Waals surface area contributed by atoms with Crippen molar-refractivity contribution in [3.8, 4) is 0 Å². The number of quaternary nitrogens is 1. The first-order chi connectivity index (χ1) is 7.36. The first-order valence-electron chi connectivity index (χ1n) is 4.91. The van der Waals surface area contributed by atoms with Crippen LogP contribution in [0.25, 0.3) is 0 Å². The number of hydrogen-bond acceptors (Lipinski definition) is 4. The van der Waals surface area contributed by atoms with Gasteiger partial charge < -0.3 is 13.9 Å². The van der Waals surface area contributed by atoms with Crippen LogP contribution in [0.2, 0.25) is 0 Å². The molecule has 0 bridgehead atoms. The fourth-order valence-corrected chi connectivity index (χ4v) is 1.16. The summed E-state index contributed by atoms with van der Waals surface area (Å²) in [6.45, 7) is 7.73. The van der Waals surface area contributed by atoms with Crippen molar-refractivity contribution in [3.05, 3.63) is 24.2 Å². The molecule has 2 N–H and O–H groups in total. The van der Waals surface area contributed by atoms with Crippen LogP contribution in [0, 0.1) is 0 Å². The SMILES string of the molecule is CC[NH+](CC)Cc1ccco1.O=S(=O)([O-])O. The predicted octanol–water partition coefficient (Wildman–Crippen LogP) is -0.291. The Labute approximate surface area is 95.4 Å². The highest BCUT2D eigenvalue weighted by Crippen LogP contribution is 1.96. The van der Waals surface area contributed by atoms with Crippen molar-refractivity contribution in [1.29, 1.82) is 0 Å². The predicted molar refractivity (Wildman–Crippen MR) is 56.8 cm³/mol. The molecule has 0 aliphatic rings. The Morgan fingerprint density at radius 1 is 1.44 bits per heavy atom. The van der Waals surface area contributed by atoms with E-state index in [1.807, 2.05) is 12.1 Å². The average molecular weight is 251 g/mol. The van der Waals surface area contributed by atoms with Gasteiger partial charge in [0.15, 0.2) is 5.76 Å². The van der Waals surface area contributed by atoms with Gasteiger partial charge in [-0.1, -0.05) is 0 Å². The molecule has 1 aromatic rings. The van der Waals surface area contributed by atoms with E-state index in [-0.39, 0.29) is 0 Å². The van der Waals surface area contributed by atoms with Crippen molar-refractivity contribution in [2.45, 2.75) is 20.4 Å². The molecular formula is C9H17NO5S. The molecule has 0 atom stereocenters. The molecule has 0 saturated carbocycles. The Balaban J connectivity index is 0.000000385. The number of hydrogen-bond donors (Lipinski definition) is 2. The van der Waals surface area contributed by atoms with E-state index < -0.39 is 10.4 Å². The van der Waals surface area contributed by atoms with E-state index in [9.17, 15) is 0 Å². The quantitative estimate of drug-likeness (QED) is 0.566. The van der Waals surface area contributed by atoms with E-state index in [0.29, 0.717) is 0 Å². The largest absolute Gasteiger partial charge is 0.726 e. The van der Waals surface area contributed by atoms with Crippen molar-refractivity contribution in [2.75, 3.05) is 13.1 Å². The maximum absolute atomic E-state index is 8.63. The first-order valence-corrected chi connectivity index (χ1v) is 6.27. The van der Waals surface area contributed by atoms with Gasteiger partial charge in [0.05, 0.1) is 19.4 Å². The van der Waals surface area contributed by atoms with Crippen molar-refractivity contribution >= 4 is 10.4 Å². The molecule has 0 fully saturated rings. The van der Waals surface area contributed by atoms with E-state index in [1.54, 1.807) is 11.2 Å². The normalized spacial score (nSPS) is 11.1. The molecular weight excluding hydrogens is 234 g/mol. The van der Waals surface area contributed by atoms with Gasteiger partial charge in [0.2, 0.25) is 10.4 Å². The molecule has 16 heavy (non-hydrogen) atoms. The van der Waals surface area contributed by atoms with Crippen LogP contribution in [0.4, 0.5) is 0 Å². The highest BCUT2D eigenvalue weighted by atomic mass is 32.3. The molecule has 0 saturated heterocycles. The van der Waals surface area contributed by atoms with E-state index in [4.69, 9.17) is 21.9 Å². The maximum Gasteiger partial charge on any atom is 0.215 e. The molecule has 0 radical (unpaired) electrons. The third-order valence-corrected chi connectivity index (χ3v) is 2.00. The number of furan rings is 1. The van der Waals surface area contributed by atoms with Crippen molar-refractivity contribution in [2.24, 2.45) is 0 Å². The van der Waals surface area contributed by atoms with Crippen LogP contribution >= 0.6 is 0 Å². The molecule has 1 aromatic heterocycles. The van der Waals surface area contributed by atoms with Crippen molar-refractivity contribution in [3.63, 3.8) is 0 Å². The molecule has 0 amide bonds. The first kappa shape index (κ1) is 15.1. The zero-order chi connectivity index (χ0) is 12.6. The monoisotopic (exact) mass is 251 g/mol. The summed E-state index contributed by atoms with van der Waals surface area (Å²) in [6.07, 6.45) is 1.73. The van der Waals surface area contributed by atoms with Crippen LogP contribution in [-0.4, -0.2) is 30.6 Å². The van der Waals surface area contributed by atoms with Gasteiger partial charge in [0.25, 0.3) is 0 Å². The van der Waals surface area contributed by atoms with E-state index in [0.717, 1.165) is 25.4 Å². The average Bonchev–Trinajstić information content (AvgIpc) is 2.63. The highest BCUT2D eigenvalue weighted by Gasteiger charge is 2.04. The highest BCUT2D eigenvalue weighted by molar-refractivity contribution is 7.79. The van der Waals surface area contributed by atoms with Crippen LogP contribution in [0.3, 0.4) is 0 Å². The lowest BCUT2D eigenvalue weighted by Gasteiger charge is -2.12. The van der Waals surface area contributed by atoms with Crippen LogP contribution in [0.1, 0.15) is 19.6 Å². The van der Waals surface area contributed by atoms with Gasteiger partial charge in [-0.2, -0.15) is 0 Å². The number of nitrogens with one attached hydrogen (secondary N) is 1. The van der Waals surface area contributed by atoms with Gasteiger partial charge in [-0.3, -0.25) is 4.55 Å². The van der Waals surface area contributed by atoms with Crippen LogP contribution in [-0.2, 0) is 16.9 Å². The van der Waals surface area contributed by atoms with Gasteiger partial charge in [0.1, 0.15) is 6.54 Å². The number of rotatable bonds is 4. The topological polar surface area (TPSA) is 95.0 Å². The lowest BCUT2D eigenvalue weighted by Crippen LogP contribution is -3.10. The fourth-order valence-electron chi connectivity index (χ4n) is 1.16. The second-order valence-electron chi connectivity index (χ2n) is 3.14. The Kier molecular flexibility index (Phi) is 6.98. The second-order valence-corrected chi connectivity index (χ2v) is 4.00. The van der Waals surface area contributed by atoms with E-state index >= 15 is 0 Å². The second kappa shape index (κ2) is 7.39. The Bertz CT molecular complexity index is 347. The summed E-state index contributed by atoms with van der Waals surface area (Å²) in [7, 11) is -4.92. The van der Waals surface area contributed by atoms with Crippen LogP contribution in [0.5, 0.6) is 0 Å². The minimum absolute atomic E-state index is 1.01. The van der Waals surface area contributed by atoms with E-state index in [1.165, 1.54) is 0 Å². The maximum atomic E-state index is 8.63. The Morgan fingerprint density at radius 3 is 2.25 bits per heavy atom. The summed E-state index contributed by atoms with van der Waals surface area (Å²) in [5.74, 6) is 1.09. The van der Waals surface area contributed by atoms with E-state index in [2.05, 4.69) is 13.8 Å².